The van der Waals surface area contributed by atoms with Gasteiger partial charge >= 0.3 is 0 Å². The van der Waals surface area contributed by atoms with E-state index in [1.54, 1.807) is 0 Å². The predicted octanol–water partition coefficient (Wildman–Crippen LogP) is 3.32. The summed E-state index contributed by atoms with van der Waals surface area (Å²) < 4.78 is 23.7. The van der Waals surface area contributed by atoms with Crippen LogP contribution in [-0.2, 0) is 28.5 Å². The van der Waals surface area contributed by atoms with E-state index in [4.69, 9.17) is 19.1 Å². The second-order valence-corrected chi connectivity index (χ2v) is 11.5. The van der Waals surface area contributed by atoms with Gasteiger partial charge in [-0.2, -0.15) is 0 Å². The van der Waals surface area contributed by atoms with Crippen molar-refractivity contribution in [3.63, 3.8) is 0 Å². The average Bonchev–Trinajstić information content (AvgIpc) is 3.49. The molecule has 3 aromatic heterocycles. The van der Waals surface area contributed by atoms with E-state index in [0.717, 1.165) is 95.4 Å². The summed E-state index contributed by atoms with van der Waals surface area (Å²) in [5.41, 5.74) is 7.29. The first kappa shape index (κ1) is 22.8. The highest BCUT2D eigenvalue weighted by atomic mass is 32.2. The van der Waals surface area contributed by atoms with Crippen LogP contribution in [0.3, 0.4) is 0 Å². The monoisotopic (exact) mass is 516 g/mol. The van der Waals surface area contributed by atoms with E-state index in [9.17, 15) is 4.21 Å². The molecule has 7 rings (SSSR count). The standard InChI is InChI=1S/C27H28N6O3S/c1-17-13-20-19(3-2-4-22(20)29-17)25-30-23-21-14-18(16-32-7-11-37(34)12-8-32)15-28-27(21)36-24(23)26(31-25)33-5-9-35-10-6-33/h2-4,14-15,29H,1,5-13,16H2. The lowest BCUT2D eigenvalue weighted by molar-refractivity contribution is 0.122. The van der Waals surface area contributed by atoms with Crippen LogP contribution in [0.25, 0.3) is 33.6 Å². The minimum absolute atomic E-state index is 0.563. The minimum atomic E-state index is -0.695. The lowest BCUT2D eigenvalue weighted by Gasteiger charge is -2.27. The van der Waals surface area contributed by atoms with Crippen molar-refractivity contribution in [1.82, 2.24) is 19.9 Å². The molecule has 2 fully saturated rings. The van der Waals surface area contributed by atoms with Gasteiger partial charge in [0, 0.05) is 84.6 Å². The third kappa shape index (κ3) is 4.18. The van der Waals surface area contributed by atoms with Crippen molar-refractivity contribution < 1.29 is 13.4 Å². The van der Waals surface area contributed by atoms with Crippen LogP contribution in [0.5, 0.6) is 0 Å². The van der Waals surface area contributed by atoms with Gasteiger partial charge in [-0.15, -0.1) is 0 Å². The first-order chi connectivity index (χ1) is 18.1. The molecular weight excluding hydrogens is 488 g/mol. The Morgan fingerprint density at radius 2 is 1.95 bits per heavy atom. The van der Waals surface area contributed by atoms with Crippen molar-refractivity contribution in [2.24, 2.45) is 0 Å². The van der Waals surface area contributed by atoms with Crippen molar-refractivity contribution >= 4 is 44.5 Å². The molecule has 2 saturated heterocycles. The van der Waals surface area contributed by atoms with Crippen molar-refractivity contribution in [3.05, 3.63) is 53.9 Å². The number of ether oxygens (including phenoxy) is 1. The number of fused-ring (bicyclic) bond motifs is 4. The van der Waals surface area contributed by atoms with Crippen LogP contribution in [0, 0.1) is 0 Å². The molecule has 0 saturated carbocycles. The quantitative estimate of drug-likeness (QED) is 0.438. The fraction of sp³-hybridized carbons (Fsp3) is 0.370. The maximum Gasteiger partial charge on any atom is 0.229 e. The molecule has 10 heteroatoms. The number of rotatable bonds is 4. The third-order valence-electron chi connectivity index (χ3n) is 7.32. The van der Waals surface area contributed by atoms with Gasteiger partial charge < -0.3 is 19.4 Å². The van der Waals surface area contributed by atoms with Crippen LogP contribution in [0.4, 0.5) is 11.5 Å². The van der Waals surface area contributed by atoms with Crippen molar-refractivity contribution in [1.29, 1.82) is 0 Å². The summed E-state index contributed by atoms with van der Waals surface area (Å²) in [6.07, 6.45) is 2.62. The first-order valence-electron chi connectivity index (χ1n) is 12.7. The SMILES string of the molecule is C=C1Cc2c(cccc2-c2nc(N3CCOCC3)c3oc4ncc(CN5CCS(=O)CC5)cc4c3n2)N1. The van der Waals surface area contributed by atoms with Crippen molar-refractivity contribution in [2.75, 3.05) is 61.1 Å². The van der Waals surface area contributed by atoms with Gasteiger partial charge in [0.15, 0.2) is 17.2 Å². The molecular formula is C27H28N6O3S. The predicted molar refractivity (Wildman–Crippen MR) is 145 cm³/mol. The molecule has 6 heterocycles. The molecule has 37 heavy (non-hydrogen) atoms. The largest absolute Gasteiger partial charge is 0.432 e. The summed E-state index contributed by atoms with van der Waals surface area (Å²) in [6, 6.07) is 8.31. The minimum Gasteiger partial charge on any atom is -0.432 e. The summed E-state index contributed by atoms with van der Waals surface area (Å²) in [6.45, 7) is 9.33. The lowest BCUT2D eigenvalue weighted by Crippen LogP contribution is -2.37. The number of benzene rings is 1. The highest BCUT2D eigenvalue weighted by Crippen LogP contribution is 2.38. The average molecular weight is 517 g/mol. The summed E-state index contributed by atoms with van der Waals surface area (Å²) in [7, 11) is -0.695. The number of hydrogen-bond donors (Lipinski definition) is 1. The normalized spacial score (nSPS) is 19.0. The number of aromatic nitrogens is 3. The molecule has 0 aliphatic carbocycles. The number of furan rings is 1. The maximum atomic E-state index is 11.8. The Balaban J connectivity index is 1.37. The summed E-state index contributed by atoms with van der Waals surface area (Å²) in [4.78, 5) is 19.4. The van der Waals surface area contributed by atoms with Gasteiger partial charge in [0.2, 0.25) is 5.71 Å². The van der Waals surface area contributed by atoms with Crippen LogP contribution in [0.15, 0.2) is 47.2 Å². The fourth-order valence-corrected chi connectivity index (χ4v) is 6.53. The number of nitrogens with one attached hydrogen (secondary N) is 1. The van der Waals surface area contributed by atoms with E-state index < -0.39 is 10.8 Å². The van der Waals surface area contributed by atoms with Gasteiger partial charge in [0.25, 0.3) is 0 Å². The smallest absolute Gasteiger partial charge is 0.229 e. The Morgan fingerprint density at radius 1 is 1.11 bits per heavy atom. The molecule has 0 spiro atoms. The van der Waals surface area contributed by atoms with E-state index in [0.29, 0.717) is 30.3 Å². The second-order valence-electron chi connectivity index (χ2n) is 9.81. The van der Waals surface area contributed by atoms with E-state index in [-0.39, 0.29) is 0 Å². The maximum absolute atomic E-state index is 11.8. The van der Waals surface area contributed by atoms with E-state index in [1.165, 1.54) is 0 Å². The Bertz CT molecular complexity index is 1550. The summed E-state index contributed by atoms with van der Waals surface area (Å²) in [5, 5.41) is 4.26. The van der Waals surface area contributed by atoms with Crippen LogP contribution < -0.4 is 10.2 Å². The van der Waals surface area contributed by atoms with Gasteiger partial charge in [0.1, 0.15) is 5.52 Å². The van der Waals surface area contributed by atoms with Crippen molar-refractivity contribution in [3.8, 4) is 11.4 Å². The molecule has 0 bridgehead atoms. The Morgan fingerprint density at radius 3 is 2.78 bits per heavy atom. The molecule has 0 amide bonds. The third-order valence-corrected chi connectivity index (χ3v) is 8.59. The zero-order chi connectivity index (χ0) is 24.9. The van der Waals surface area contributed by atoms with Gasteiger partial charge in [-0.25, -0.2) is 15.0 Å². The molecule has 0 atom stereocenters. The van der Waals surface area contributed by atoms with E-state index in [2.05, 4.69) is 44.9 Å². The number of anilines is 2. The van der Waals surface area contributed by atoms with Crippen LogP contribution >= 0.6 is 0 Å². The number of nitrogens with zero attached hydrogens (tertiary/aromatic N) is 5. The molecule has 9 nitrogen and oxygen atoms in total. The Kier molecular flexibility index (Phi) is 5.67. The molecule has 4 aromatic rings. The number of hydrogen-bond acceptors (Lipinski definition) is 9. The fourth-order valence-electron chi connectivity index (χ4n) is 5.40. The zero-order valence-corrected chi connectivity index (χ0v) is 21.4. The molecule has 1 aromatic carbocycles. The van der Waals surface area contributed by atoms with Crippen LogP contribution in [0.2, 0.25) is 0 Å². The number of morpholine rings is 1. The zero-order valence-electron chi connectivity index (χ0n) is 20.5. The van der Waals surface area contributed by atoms with Gasteiger partial charge in [-0.1, -0.05) is 18.7 Å². The van der Waals surface area contributed by atoms with Gasteiger partial charge in [-0.05, 0) is 23.3 Å². The Hall–Kier alpha value is -3.34. The van der Waals surface area contributed by atoms with Crippen LogP contribution in [-0.4, -0.2) is 75.0 Å². The first-order valence-corrected chi connectivity index (χ1v) is 14.2. The van der Waals surface area contributed by atoms with Gasteiger partial charge in [0.05, 0.1) is 18.6 Å². The summed E-state index contributed by atoms with van der Waals surface area (Å²) >= 11 is 0. The van der Waals surface area contributed by atoms with Crippen LogP contribution in [0.1, 0.15) is 11.1 Å². The number of allylic oxidation sites excluding steroid dienone is 1. The molecule has 1 N–H and O–H groups in total. The number of pyridine rings is 1. The summed E-state index contributed by atoms with van der Waals surface area (Å²) in [5.74, 6) is 2.91. The molecule has 190 valence electrons. The highest BCUT2D eigenvalue weighted by Gasteiger charge is 2.26. The highest BCUT2D eigenvalue weighted by molar-refractivity contribution is 7.85. The Labute approximate surface area is 217 Å². The molecule has 0 unspecified atom stereocenters. The van der Waals surface area contributed by atoms with E-state index in [1.807, 2.05) is 12.3 Å². The molecule has 3 aliphatic heterocycles. The molecule has 3 aliphatic rings. The van der Waals surface area contributed by atoms with Gasteiger partial charge in [-0.3, -0.25) is 9.11 Å². The lowest BCUT2D eigenvalue weighted by atomic mass is 10.0. The van der Waals surface area contributed by atoms with Crippen molar-refractivity contribution in [2.45, 2.75) is 13.0 Å². The second kappa shape index (κ2) is 9.20. The van der Waals surface area contributed by atoms with E-state index >= 15 is 0 Å². The molecule has 0 radical (unpaired) electrons. The topological polar surface area (TPSA) is 96.6 Å².